The van der Waals surface area contributed by atoms with Crippen LogP contribution in [0.4, 0.5) is 10.1 Å². The molecule has 6 heteroatoms. The van der Waals surface area contributed by atoms with Crippen molar-refractivity contribution >= 4 is 18.0 Å². The number of anilines is 1. The highest BCUT2D eigenvalue weighted by Crippen LogP contribution is 2.34. The fourth-order valence-electron chi connectivity index (χ4n) is 2.96. The topological polar surface area (TPSA) is 58.6 Å². The molecule has 0 bridgehead atoms. The highest BCUT2D eigenvalue weighted by atomic mass is 19.1. The Morgan fingerprint density at radius 2 is 2.09 bits per heavy atom. The van der Waals surface area contributed by atoms with E-state index < -0.39 is 5.82 Å². The largest absolute Gasteiger partial charge is 0.493 e. The fourth-order valence-corrected chi connectivity index (χ4v) is 2.96. The number of carbonyl (C=O) groups is 1. The zero-order chi connectivity index (χ0) is 15.5. The first kappa shape index (κ1) is 14.8. The van der Waals surface area contributed by atoms with E-state index in [-0.39, 0.29) is 11.6 Å². The van der Waals surface area contributed by atoms with Crippen molar-refractivity contribution in [2.24, 2.45) is 5.92 Å². The summed E-state index contributed by atoms with van der Waals surface area (Å²) in [6, 6.07) is 2.95. The Bertz CT molecular complexity index is 583. The molecule has 22 heavy (non-hydrogen) atoms. The van der Waals surface area contributed by atoms with E-state index in [2.05, 4.69) is 5.32 Å². The zero-order valence-corrected chi connectivity index (χ0v) is 12.2. The third kappa shape index (κ3) is 3.05. The van der Waals surface area contributed by atoms with Gasteiger partial charge in [-0.15, -0.1) is 0 Å². The van der Waals surface area contributed by atoms with Crippen molar-refractivity contribution in [3.63, 3.8) is 0 Å². The molecule has 0 unspecified atom stereocenters. The number of nitrogens with zero attached hydrogens (tertiary/aromatic N) is 1. The molecule has 1 radical (unpaired) electrons. The second kappa shape index (κ2) is 6.34. The Hall–Kier alpha value is -2.11. The van der Waals surface area contributed by atoms with Gasteiger partial charge < -0.3 is 15.0 Å². The van der Waals surface area contributed by atoms with E-state index in [4.69, 9.17) is 4.74 Å². The lowest BCUT2D eigenvalue weighted by Gasteiger charge is -2.29. The van der Waals surface area contributed by atoms with Gasteiger partial charge in [0.2, 0.25) is 5.91 Å². The summed E-state index contributed by atoms with van der Waals surface area (Å²) in [6.07, 6.45) is 4.52. The third-order valence-corrected chi connectivity index (χ3v) is 4.30. The first-order valence-electron chi connectivity index (χ1n) is 7.54. The Labute approximate surface area is 128 Å². The number of amides is 2. The molecular formula is C16H18FN2O3. The van der Waals surface area contributed by atoms with E-state index in [0.717, 1.165) is 18.4 Å². The molecule has 0 saturated carbocycles. The van der Waals surface area contributed by atoms with Gasteiger partial charge in [-0.25, -0.2) is 4.39 Å². The van der Waals surface area contributed by atoms with Crippen molar-refractivity contribution < 1.29 is 18.7 Å². The van der Waals surface area contributed by atoms with Gasteiger partial charge in [-0.05, 0) is 37.3 Å². The number of ether oxygens (including phenoxy) is 1. The summed E-state index contributed by atoms with van der Waals surface area (Å²) in [5.74, 6) is 0.426. The molecule has 2 heterocycles. The molecule has 2 aliphatic rings. The van der Waals surface area contributed by atoms with Gasteiger partial charge in [0.25, 0.3) is 0 Å². The van der Waals surface area contributed by atoms with Crippen LogP contribution in [0.15, 0.2) is 12.1 Å². The molecule has 1 fully saturated rings. The van der Waals surface area contributed by atoms with Gasteiger partial charge in [0.15, 0.2) is 0 Å². The first-order chi connectivity index (χ1) is 10.7. The van der Waals surface area contributed by atoms with Crippen LogP contribution in [0.3, 0.4) is 0 Å². The maximum absolute atomic E-state index is 13.8. The SMILES string of the molecule is O=[C]N1CCC(COc2ccc(F)c3c2CCC(=O)N3)CC1. The van der Waals surface area contributed by atoms with Crippen LogP contribution in [0.1, 0.15) is 24.8 Å². The molecule has 2 aliphatic heterocycles. The van der Waals surface area contributed by atoms with Crippen molar-refractivity contribution in [3.05, 3.63) is 23.5 Å². The molecule has 0 aromatic heterocycles. The van der Waals surface area contributed by atoms with Crippen molar-refractivity contribution in [2.45, 2.75) is 25.7 Å². The smallest absolute Gasteiger partial charge is 0.312 e. The minimum Gasteiger partial charge on any atom is -0.493 e. The van der Waals surface area contributed by atoms with Crippen LogP contribution in [-0.4, -0.2) is 36.9 Å². The van der Waals surface area contributed by atoms with E-state index in [1.54, 1.807) is 11.0 Å². The Balaban J connectivity index is 1.65. The molecule has 5 nitrogen and oxygen atoms in total. The van der Waals surface area contributed by atoms with Crippen LogP contribution < -0.4 is 10.1 Å². The molecule has 0 atom stereocenters. The lowest BCUT2D eigenvalue weighted by Crippen LogP contribution is -2.34. The third-order valence-electron chi connectivity index (χ3n) is 4.30. The normalized spacial score (nSPS) is 18.6. The summed E-state index contributed by atoms with van der Waals surface area (Å²) in [6.45, 7) is 1.95. The number of fused-ring (bicyclic) bond motifs is 1. The Kier molecular flexibility index (Phi) is 4.27. The zero-order valence-electron chi connectivity index (χ0n) is 12.2. The molecule has 1 aromatic carbocycles. The predicted molar refractivity (Wildman–Crippen MR) is 78.8 cm³/mol. The molecule has 1 aromatic rings. The van der Waals surface area contributed by atoms with Gasteiger partial charge in [-0.2, -0.15) is 0 Å². The molecule has 3 rings (SSSR count). The van der Waals surface area contributed by atoms with Crippen molar-refractivity contribution in [2.75, 3.05) is 25.0 Å². The predicted octanol–water partition coefficient (Wildman–Crippen LogP) is 1.87. The standard InChI is InChI=1S/C16H18FN2O3/c17-13-2-3-14(12-1-4-15(21)18-16(12)13)22-9-11-5-7-19(10-20)8-6-11/h2-3,11H,1,4-9H2,(H,18,21). The second-order valence-electron chi connectivity index (χ2n) is 5.78. The number of nitrogens with one attached hydrogen (secondary N) is 1. The van der Waals surface area contributed by atoms with Crippen molar-refractivity contribution in [1.82, 2.24) is 4.90 Å². The van der Waals surface area contributed by atoms with Crippen LogP contribution in [0.25, 0.3) is 0 Å². The van der Waals surface area contributed by atoms with Gasteiger partial charge in [-0.3, -0.25) is 9.59 Å². The number of rotatable bonds is 4. The molecule has 2 amide bonds. The van der Waals surface area contributed by atoms with Gasteiger partial charge in [0.05, 0.1) is 12.3 Å². The van der Waals surface area contributed by atoms with E-state index in [9.17, 15) is 14.0 Å². The Morgan fingerprint density at radius 3 is 2.82 bits per heavy atom. The summed E-state index contributed by atoms with van der Waals surface area (Å²) in [5, 5.41) is 2.58. The van der Waals surface area contributed by atoms with Gasteiger partial charge >= 0.3 is 6.41 Å². The highest BCUT2D eigenvalue weighted by molar-refractivity contribution is 5.94. The summed E-state index contributed by atoms with van der Waals surface area (Å²) in [7, 11) is 0. The molecule has 0 aliphatic carbocycles. The molecule has 117 valence electrons. The van der Waals surface area contributed by atoms with Crippen LogP contribution in [0.2, 0.25) is 0 Å². The monoisotopic (exact) mass is 305 g/mol. The number of carbonyl (C=O) groups excluding carboxylic acids is 2. The first-order valence-corrected chi connectivity index (χ1v) is 7.54. The fraction of sp³-hybridized carbons (Fsp3) is 0.500. The molecule has 1 N–H and O–H groups in total. The van der Waals surface area contributed by atoms with E-state index >= 15 is 0 Å². The van der Waals surface area contributed by atoms with Crippen LogP contribution in [0, 0.1) is 11.7 Å². The number of piperidine rings is 1. The van der Waals surface area contributed by atoms with Crippen molar-refractivity contribution in [3.8, 4) is 5.75 Å². The lowest BCUT2D eigenvalue weighted by atomic mass is 9.98. The molecular weight excluding hydrogens is 287 g/mol. The molecule has 1 saturated heterocycles. The van der Waals surface area contributed by atoms with E-state index in [0.29, 0.717) is 44.2 Å². The van der Waals surface area contributed by atoms with Gasteiger partial charge in [0.1, 0.15) is 11.6 Å². The number of hydrogen-bond donors (Lipinski definition) is 1. The van der Waals surface area contributed by atoms with Gasteiger partial charge in [-0.1, -0.05) is 0 Å². The summed E-state index contributed by atoms with van der Waals surface area (Å²) >= 11 is 0. The average Bonchev–Trinajstić information content (AvgIpc) is 2.55. The minimum atomic E-state index is -0.426. The average molecular weight is 305 g/mol. The van der Waals surface area contributed by atoms with Crippen LogP contribution >= 0.6 is 0 Å². The summed E-state index contributed by atoms with van der Waals surface area (Å²) < 4.78 is 19.7. The summed E-state index contributed by atoms with van der Waals surface area (Å²) in [4.78, 5) is 23.6. The number of likely N-dealkylation sites (tertiary alicyclic amines) is 1. The van der Waals surface area contributed by atoms with Gasteiger partial charge in [0, 0.05) is 25.1 Å². The maximum Gasteiger partial charge on any atom is 0.312 e. The summed E-state index contributed by atoms with van der Waals surface area (Å²) in [5.41, 5.74) is 0.984. The quantitative estimate of drug-likeness (QED) is 0.924. The minimum absolute atomic E-state index is 0.166. The number of halogens is 1. The second-order valence-corrected chi connectivity index (χ2v) is 5.78. The number of benzene rings is 1. The lowest BCUT2D eigenvalue weighted by molar-refractivity contribution is -0.116. The highest BCUT2D eigenvalue weighted by Gasteiger charge is 2.24. The molecule has 0 spiro atoms. The number of hydrogen-bond acceptors (Lipinski definition) is 3. The maximum atomic E-state index is 13.8. The van der Waals surface area contributed by atoms with Crippen LogP contribution in [-0.2, 0) is 16.0 Å². The Morgan fingerprint density at radius 1 is 1.32 bits per heavy atom. The van der Waals surface area contributed by atoms with E-state index in [1.165, 1.54) is 6.07 Å². The van der Waals surface area contributed by atoms with E-state index in [1.807, 2.05) is 6.41 Å². The van der Waals surface area contributed by atoms with Crippen molar-refractivity contribution in [1.29, 1.82) is 0 Å². The van der Waals surface area contributed by atoms with Crippen LogP contribution in [0.5, 0.6) is 5.75 Å².